The molecule has 0 saturated heterocycles. The molecule has 0 amide bonds. The second-order valence-corrected chi connectivity index (χ2v) is 4.63. The van der Waals surface area contributed by atoms with Crippen LogP contribution in [0.3, 0.4) is 0 Å². The zero-order chi connectivity index (χ0) is 13.0. The number of allylic oxidation sites excluding steroid dienone is 1. The summed E-state index contributed by atoms with van der Waals surface area (Å²) in [5.41, 5.74) is 2.18. The highest BCUT2D eigenvalue weighted by Gasteiger charge is 2.21. The topological polar surface area (TPSA) is 46.5 Å². The first-order valence-corrected chi connectivity index (χ1v) is 6.28. The van der Waals surface area contributed by atoms with E-state index in [9.17, 15) is 4.79 Å². The molecule has 18 heavy (non-hydrogen) atoms. The van der Waals surface area contributed by atoms with Crippen LogP contribution in [0, 0.1) is 0 Å². The Hall–Kier alpha value is -1.77. The molecule has 1 aliphatic rings. The van der Waals surface area contributed by atoms with Crippen molar-refractivity contribution in [2.75, 3.05) is 7.11 Å². The van der Waals surface area contributed by atoms with Gasteiger partial charge in [0.15, 0.2) is 0 Å². The summed E-state index contributed by atoms with van der Waals surface area (Å²) in [4.78, 5) is 10.9. The molecular formula is C15H18O3. The number of benzene rings is 1. The summed E-state index contributed by atoms with van der Waals surface area (Å²) in [5.74, 6) is 0.206. The molecule has 0 bridgehead atoms. The van der Waals surface area contributed by atoms with Gasteiger partial charge >= 0.3 is 5.97 Å². The summed E-state index contributed by atoms with van der Waals surface area (Å²) in [6, 6.07) is 7.92. The molecule has 3 nitrogen and oxygen atoms in total. The molecule has 0 aromatic heterocycles. The number of ether oxygens (including phenoxy) is 1. The normalized spacial score (nSPS) is 21.8. The van der Waals surface area contributed by atoms with Gasteiger partial charge in [0.25, 0.3) is 0 Å². The van der Waals surface area contributed by atoms with Crippen LogP contribution in [0.2, 0.25) is 0 Å². The number of hydrogen-bond donors (Lipinski definition) is 1. The lowest BCUT2D eigenvalue weighted by Crippen LogP contribution is -2.10. The van der Waals surface area contributed by atoms with Gasteiger partial charge in [-0.15, -0.1) is 0 Å². The van der Waals surface area contributed by atoms with Crippen molar-refractivity contribution in [2.45, 2.75) is 31.6 Å². The number of methoxy groups -OCH3 is 1. The zero-order valence-corrected chi connectivity index (χ0v) is 10.6. The molecule has 1 aromatic rings. The molecular weight excluding hydrogens is 228 g/mol. The van der Waals surface area contributed by atoms with Crippen molar-refractivity contribution >= 4 is 5.97 Å². The van der Waals surface area contributed by atoms with Crippen LogP contribution in [0.5, 0.6) is 5.75 Å². The number of hydrogen-bond acceptors (Lipinski definition) is 2. The first kappa shape index (κ1) is 12.7. The standard InChI is InChI=1S/C15H18O3/c1-18-13-7-4-6-11(9-13)14-8-3-2-5-12(14)10-15(16)17/h4,6-7,9-10,14H,2-3,5,8H2,1H3,(H,16,17)/b12-10+. The van der Waals surface area contributed by atoms with Gasteiger partial charge in [0.2, 0.25) is 0 Å². The van der Waals surface area contributed by atoms with Crippen LogP contribution in [0.4, 0.5) is 0 Å². The molecule has 96 valence electrons. The van der Waals surface area contributed by atoms with E-state index in [4.69, 9.17) is 9.84 Å². The number of rotatable bonds is 3. The van der Waals surface area contributed by atoms with Gasteiger partial charge < -0.3 is 9.84 Å². The minimum Gasteiger partial charge on any atom is -0.497 e. The van der Waals surface area contributed by atoms with E-state index >= 15 is 0 Å². The maximum atomic E-state index is 10.9. The fourth-order valence-electron chi connectivity index (χ4n) is 2.61. The van der Waals surface area contributed by atoms with Crippen molar-refractivity contribution in [1.82, 2.24) is 0 Å². The van der Waals surface area contributed by atoms with Gasteiger partial charge in [0.05, 0.1) is 7.11 Å². The summed E-state index contributed by atoms with van der Waals surface area (Å²) >= 11 is 0. The molecule has 1 fully saturated rings. The molecule has 1 saturated carbocycles. The van der Waals surface area contributed by atoms with Crippen LogP contribution in [0.15, 0.2) is 35.9 Å². The van der Waals surface area contributed by atoms with E-state index in [1.165, 1.54) is 6.08 Å². The highest BCUT2D eigenvalue weighted by Crippen LogP contribution is 2.38. The minimum atomic E-state index is -0.847. The lowest BCUT2D eigenvalue weighted by atomic mass is 9.79. The fraction of sp³-hybridized carbons (Fsp3) is 0.400. The highest BCUT2D eigenvalue weighted by molar-refractivity contribution is 5.81. The third kappa shape index (κ3) is 2.92. The van der Waals surface area contributed by atoms with Crippen LogP contribution >= 0.6 is 0 Å². The largest absolute Gasteiger partial charge is 0.497 e. The molecule has 1 aliphatic carbocycles. The monoisotopic (exact) mass is 246 g/mol. The van der Waals surface area contributed by atoms with Crippen molar-refractivity contribution < 1.29 is 14.6 Å². The van der Waals surface area contributed by atoms with E-state index in [2.05, 4.69) is 0 Å². The van der Waals surface area contributed by atoms with Crippen LogP contribution < -0.4 is 4.74 Å². The van der Waals surface area contributed by atoms with E-state index in [1.54, 1.807) is 7.11 Å². The van der Waals surface area contributed by atoms with Crippen molar-refractivity contribution in [1.29, 1.82) is 0 Å². The molecule has 1 N–H and O–H groups in total. The van der Waals surface area contributed by atoms with Gasteiger partial charge in [-0.05, 0) is 37.0 Å². The van der Waals surface area contributed by atoms with Gasteiger partial charge in [0, 0.05) is 12.0 Å². The number of carbonyl (C=O) groups is 1. The average molecular weight is 246 g/mol. The quantitative estimate of drug-likeness (QED) is 0.832. The van der Waals surface area contributed by atoms with Crippen LogP contribution in [-0.2, 0) is 4.79 Å². The van der Waals surface area contributed by atoms with E-state index in [-0.39, 0.29) is 5.92 Å². The third-order valence-electron chi connectivity index (χ3n) is 3.46. The van der Waals surface area contributed by atoms with Crippen molar-refractivity contribution in [3.8, 4) is 5.75 Å². The Morgan fingerprint density at radius 1 is 1.44 bits per heavy atom. The van der Waals surface area contributed by atoms with Crippen LogP contribution in [-0.4, -0.2) is 18.2 Å². The Morgan fingerprint density at radius 3 is 3.00 bits per heavy atom. The lowest BCUT2D eigenvalue weighted by molar-refractivity contribution is -0.131. The highest BCUT2D eigenvalue weighted by atomic mass is 16.5. The Morgan fingerprint density at radius 2 is 2.28 bits per heavy atom. The fourth-order valence-corrected chi connectivity index (χ4v) is 2.61. The molecule has 1 atom stereocenters. The molecule has 3 heteroatoms. The number of carboxylic acid groups (broad SMARTS) is 1. The maximum Gasteiger partial charge on any atom is 0.328 e. The summed E-state index contributed by atoms with van der Waals surface area (Å²) in [6.07, 6.45) is 5.52. The SMILES string of the molecule is COc1cccc(C2CCCC/C2=C\C(=O)O)c1. The second kappa shape index (κ2) is 5.71. The van der Waals surface area contributed by atoms with Gasteiger partial charge in [-0.2, -0.15) is 0 Å². The molecule has 0 heterocycles. The predicted molar refractivity (Wildman–Crippen MR) is 69.9 cm³/mol. The van der Waals surface area contributed by atoms with E-state index in [1.807, 2.05) is 24.3 Å². The predicted octanol–water partition coefficient (Wildman–Crippen LogP) is 3.36. The van der Waals surface area contributed by atoms with E-state index < -0.39 is 5.97 Å². The maximum absolute atomic E-state index is 10.9. The molecule has 0 aliphatic heterocycles. The third-order valence-corrected chi connectivity index (χ3v) is 3.46. The zero-order valence-electron chi connectivity index (χ0n) is 10.6. The van der Waals surface area contributed by atoms with Crippen molar-refractivity contribution in [2.24, 2.45) is 0 Å². The van der Waals surface area contributed by atoms with Gasteiger partial charge in [0.1, 0.15) is 5.75 Å². The number of carboxylic acids is 1. The van der Waals surface area contributed by atoms with Crippen LogP contribution in [0.25, 0.3) is 0 Å². The van der Waals surface area contributed by atoms with Crippen molar-refractivity contribution in [3.05, 3.63) is 41.5 Å². The second-order valence-electron chi connectivity index (χ2n) is 4.63. The summed E-state index contributed by atoms with van der Waals surface area (Å²) in [5, 5.41) is 8.93. The minimum absolute atomic E-state index is 0.227. The first-order valence-electron chi connectivity index (χ1n) is 6.28. The summed E-state index contributed by atoms with van der Waals surface area (Å²) in [7, 11) is 1.65. The lowest BCUT2D eigenvalue weighted by Gasteiger charge is -2.25. The van der Waals surface area contributed by atoms with Gasteiger partial charge in [-0.1, -0.05) is 24.1 Å². The Labute approximate surface area is 107 Å². The smallest absolute Gasteiger partial charge is 0.328 e. The molecule has 1 unspecified atom stereocenters. The van der Waals surface area contributed by atoms with Crippen LogP contribution in [0.1, 0.15) is 37.2 Å². The molecule has 0 spiro atoms. The average Bonchev–Trinajstić information content (AvgIpc) is 2.39. The molecule has 0 radical (unpaired) electrons. The van der Waals surface area contributed by atoms with E-state index in [0.717, 1.165) is 42.6 Å². The summed E-state index contributed by atoms with van der Waals surface area (Å²) in [6.45, 7) is 0. The Balaban J connectivity index is 2.30. The number of aliphatic carboxylic acids is 1. The summed E-state index contributed by atoms with van der Waals surface area (Å²) < 4.78 is 5.23. The molecule has 2 rings (SSSR count). The van der Waals surface area contributed by atoms with Crippen molar-refractivity contribution in [3.63, 3.8) is 0 Å². The Bertz CT molecular complexity index is 463. The first-order chi connectivity index (χ1) is 8.70. The van der Waals surface area contributed by atoms with Gasteiger partial charge in [-0.3, -0.25) is 0 Å². The molecule has 1 aromatic carbocycles. The Kier molecular flexibility index (Phi) is 4.03. The van der Waals surface area contributed by atoms with E-state index in [0.29, 0.717) is 0 Å². The van der Waals surface area contributed by atoms with Gasteiger partial charge in [-0.25, -0.2) is 4.79 Å².